The van der Waals surface area contributed by atoms with Gasteiger partial charge in [-0.3, -0.25) is 4.79 Å². The van der Waals surface area contributed by atoms with Gasteiger partial charge in [-0.15, -0.1) is 0 Å². The van der Waals surface area contributed by atoms with Crippen molar-refractivity contribution in [2.24, 2.45) is 0 Å². The van der Waals surface area contributed by atoms with E-state index in [1.165, 1.54) is 90.0 Å². The third kappa shape index (κ3) is 17.9. The minimum absolute atomic E-state index is 0.238. The predicted molar refractivity (Wildman–Crippen MR) is 119 cm³/mol. The van der Waals surface area contributed by atoms with Crippen molar-refractivity contribution in [2.45, 2.75) is 110 Å². The summed E-state index contributed by atoms with van der Waals surface area (Å²) in [6, 6.07) is 8.58. The first-order valence-corrected chi connectivity index (χ1v) is 11.0. The van der Waals surface area contributed by atoms with Gasteiger partial charge in [-0.2, -0.15) is 0 Å². The third-order valence-corrected chi connectivity index (χ3v) is 4.58. The van der Waals surface area contributed by atoms with Crippen LogP contribution in [-0.4, -0.2) is 22.8 Å². The van der Waals surface area contributed by atoms with E-state index in [9.17, 15) is 9.59 Å². The smallest absolute Gasteiger partial charge is 0.150 e. The Morgan fingerprint density at radius 3 is 1.64 bits per heavy atom. The van der Waals surface area contributed by atoms with Gasteiger partial charge >= 0.3 is 0 Å². The van der Waals surface area contributed by atoms with E-state index in [4.69, 9.17) is 5.11 Å². The second-order valence-electron chi connectivity index (χ2n) is 8.40. The van der Waals surface area contributed by atoms with E-state index in [0.29, 0.717) is 12.7 Å². The van der Waals surface area contributed by atoms with Gasteiger partial charge in [0.05, 0.1) is 0 Å². The van der Waals surface area contributed by atoms with Gasteiger partial charge in [0.25, 0.3) is 0 Å². The van der Waals surface area contributed by atoms with E-state index in [-0.39, 0.29) is 5.78 Å². The molecule has 0 aliphatic carbocycles. The molecule has 0 radical (unpaired) electrons. The second-order valence-corrected chi connectivity index (χ2v) is 8.40. The Morgan fingerprint density at radius 2 is 1.25 bits per heavy atom. The molecule has 0 amide bonds. The maximum atomic E-state index is 11.1. The van der Waals surface area contributed by atoms with Crippen LogP contribution in [-0.2, 0) is 22.4 Å². The van der Waals surface area contributed by atoms with Crippen molar-refractivity contribution in [3.05, 3.63) is 35.4 Å². The van der Waals surface area contributed by atoms with Crippen molar-refractivity contribution in [2.75, 3.05) is 0 Å². The first-order chi connectivity index (χ1) is 13.3. The van der Waals surface area contributed by atoms with E-state index in [1.807, 2.05) is 0 Å². The lowest BCUT2D eigenvalue weighted by Crippen LogP contribution is -2.19. The number of carbonyl (C=O) groups is 2. The molecule has 1 aromatic rings. The summed E-state index contributed by atoms with van der Waals surface area (Å²) < 4.78 is 0. The molecule has 0 bridgehead atoms. The van der Waals surface area contributed by atoms with Crippen LogP contribution in [0, 0.1) is 0 Å². The zero-order valence-corrected chi connectivity index (χ0v) is 18.6. The molecule has 28 heavy (non-hydrogen) atoms. The summed E-state index contributed by atoms with van der Waals surface area (Å²) in [7, 11) is 0. The van der Waals surface area contributed by atoms with Gasteiger partial charge in [0.2, 0.25) is 0 Å². The fourth-order valence-corrected chi connectivity index (χ4v) is 2.93. The molecule has 3 nitrogen and oxygen atoms in total. The van der Waals surface area contributed by atoms with Crippen molar-refractivity contribution in [3.63, 3.8) is 0 Å². The molecule has 0 saturated heterocycles. The van der Waals surface area contributed by atoms with Crippen molar-refractivity contribution < 1.29 is 14.7 Å². The van der Waals surface area contributed by atoms with Crippen molar-refractivity contribution in [1.82, 2.24) is 0 Å². The average molecular weight is 391 g/mol. The lowest BCUT2D eigenvalue weighted by molar-refractivity contribution is -0.120. The highest BCUT2D eigenvalue weighted by molar-refractivity contribution is 5.78. The predicted octanol–water partition coefficient (Wildman–Crippen LogP) is 6.24. The molecule has 0 spiro atoms. The Balaban J connectivity index is 0.00000105. The van der Waals surface area contributed by atoms with Gasteiger partial charge in [0, 0.05) is 6.42 Å². The Morgan fingerprint density at radius 1 is 0.857 bits per heavy atom. The van der Waals surface area contributed by atoms with Crippen molar-refractivity contribution in [1.29, 1.82) is 0 Å². The summed E-state index contributed by atoms with van der Waals surface area (Å²) in [5.74, 6) is 0.238. The molecule has 0 saturated carbocycles. The molecule has 3 heteroatoms. The molecule has 0 heterocycles. The Hall–Kier alpha value is -1.48. The number of unbranched alkanes of at least 4 members (excludes halogenated alkanes) is 9. The van der Waals surface area contributed by atoms with E-state index in [2.05, 4.69) is 31.2 Å². The second kappa shape index (κ2) is 16.5. The number of hydrogen-bond acceptors (Lipinski definition) is 3. The highest BCUT2D eigenvalue weighted by Gasteiger charge is 2.07. The summed E-state index contributed by atoms with van der Waals surface area (Å²) in [6.45, 7) is 6.79. The number of hydrogen-bond donors (Lipinski definition) is 1. The maximum Gasteiger partial charge on any atom is 0.150 e. The molecule has 1 N–H and O–H groups in total. The van der Waals surface area contributed by atoms with Gasteiger partial charge < -0.3 is 9.90 Å². The van der Waals surface area contributed by atoms with Crippen LogP contribution in [0.1, 0.15) is 103 Å². The number of ketones is 1. The van der Waals surface area contributed by atoms with Crippen LogP contribution in [0.4, 0.5) is 0 Å². The number of aliphatic hydroxyl groups is 1. The van der Waals surface area contributed by atoms with Crippen LogP contribution in [0.15, 0.2) is 24.3 Å². The third-order valence-electron chi connectivity index (χ3n) is 4.58. The van der Waals surface area contributed by atoms with E-state index in [1.54, 1.807) is 6.92 Å². The molecule has 0 unspecified atom stereocenters. The quantitative estimate of drug-likeness (QED) is 0.302. The van der Waals surface area contributed by atoms with Crippen molar-refractivity contribution in [3.8, 4) is 0 Å². The summed E-state index contributed by atoms with van der Waals surface area (Å²) >= 11 is 0. The summed E-state index contributed by atoms with van der Waals surface area (Å²) in [5.41, 5.74) is 1.41. The van der Waals surface area contributed by atoms with Gasteiger partial charge in [-0.05, 0) is 44.7 Å². The lowest BCUT2D eigenvalue weighted by Gasteiger charge is -2.04. The average Bonchev–Trinajstić information content (AvgIpc) is 2.64. The van der Waals surface area contributed by atoms with Crippen LogP contribution < -0.4 is 0 Å². The molecule has 0 aliphatic heterocycles. The van der Waals surface area contributed by atoms with Gasteiger partial charge in [-0.1, -0.05) is 89.0 Å². The fourth-order valence-electron chi connectivity index (χ4n) is 2.93. The molecule has 0 aliphatic rings. The summed E-state index contributed by atoms with van der Waals surface area (Å²) in [6.07, 6.45) is 16.1. The molecule has 1 aromatic carbocycles. The van der Waals surface area contributed by atoms with E-state index in [0.717, 1.165) is 5.56 Å². The molecule has 0 atom stereocenters. The number of Topliss-reactive ketones (excluding diaryl/α,β-unsaturated/α-hetero) is 1. The van der Waals surface area contributed by atoms with E-state index < -0.39 is 5.60 Å². The number of aldehydes is 1. The molecule has 0 fully saturated rings. The Kier molecular flexibility index (Phi) is 15.6. The van der Waals surface area contributed by atoms with Crippen LogP contribution in [0.5, 0.6) is 0 Å². The summed E-state index contributed by atoms with van der Waals surface area (Å²) in [5, 5.41) is 8.46. The van der Waals surface area contributed by atoms with Crippen LogP contribution in [0.2, 0.25) is 0 Å². The van der Waals surface area contributed by atoms with Crippen LogP contribution in [0.25, 0.3) is 0 Å². The fraction of sp³-hybridized carbons (Fsp3) is 0.680. The van der Waals surface area contributed by atoms with Crippen LogP contribution >= 0.6 is 0 Å². The molecular weight excluding hydrogens is 348 g/mol. The molecule has 160 valence electrons. The highest BCUT2D eigenvalue weighted by atomic mass is 16.3. The largest absolute Gasteiger partial charge is 0.383 e. The minimum atomic E-state index is -1.14. The standard InChI is InChI=1S/C21H34O.C4H8O2/c1-3-4-5-6-7-8-9-10-11-12-13-20-14-16-21(17-15-20)18-19(2)22;1-4(2,6)3-5/h14-17H,3-13,18H2,1-2H3;3,6H,1-2H3. The van der Waals surface area contributed by atoms with Gasteiger partial charge in [-0.25, -0.2) is 0 Å². The normalized spacial score (nSPS) is 10.9. The highest BCUT2D eigenvalue weighted by Crippen LogP contribution is 2.13. The molecule has 1 rings (SSSR count). The van der Waals surface area contributed by atoms with Gasteiger partial charge in [0.1, 0.15) is 11.4 Å². The van der Waals surface area contributed by atoms with Crippen molar-refractivity contribution >= 4 is 12.1 Å². The number of carbonyl (C=O) groups excluding carboxylic acids is 2. The van der Waals surface area contributed by atoms with Crippen LogP contribution in [0.3, 0.4) is 0 Å². The number of benzene rings is 1. The topological polar surface area (TPSA) is 54.4 Å². The monoisotopic (exact) mass is 390 g/mol. The number of rotatable bonds is 14. The maximum absolute atomic E-state index is 11.1. The first kappa shape index (κ1) is 26.5. The number of aryl methyl sites for hydroxylation is 1. The zero-order chi connectivity index (χ0) is 21.3. The molecule has 0 aromatic heterocycles. The first-order valence-electron chi connectivity index (χ1n) is 11.0. The zero-order valence-electron chi connectivity index (χ0n) is 18.6. The minimum Gasteiger partial charge on any atom is -0.383 e. The van der Waals surface area contributed by atoms with E-state index >= 15 is 0 Å². The van der Waals surface area contributed by atoms with Gasteiger partial charge in [0.15, 0.2) is 6.29 Å². The Bertz CT molecular complexity index is 512. The summed E-state index contributed by atoms with van der Waals surface area (Å²) in [4.78, 5) is 20.6. The lowest BCUT2D eigenvalue weighted by atomic mass is 10.0. The molecular formula is C25H42O3. The Labute approximate surface area is 172 Å². The SMILES string of the molecule is CC(C)(O)C=O.CCCCCCCCCCCCc1ccc(CC(C)=O)cc1.